The predicted octanol–water partition coefficient (Wildman–Crippen LogP) is 2.71. The Morgan fingerprint density at radius 3 is 2.86 bits per heavy atom. The zero-order valence-electron chi connectivity index (χ0n) is 13.2. The van der Waals surface area contributed by atoms with Gasteiger partial charge in [0, 0.05) is 19.5 Å². The van der Waals surface area contributed by atoms with E-state index in [9.17, 15) is 4.79 Å². The van der Waals surface area contributed by atoms with Crippen LogP contribution in [0.2, 0.25) is 0 Å². The SMILES string of the molecule is C=CCN(CC1CC(c2ccc(C)cc2)=NO1)C(=O)NCC. The van der Waals surface area contributed by atoms with E-state index in [1.165, 1.54) is 5.56 Å². The third kappa shape index (κ3) is 4.10. The summed E-state index contributed by atoms with van der Waals surface area (Å²) >= 11 is 0. The zero-order valence-corrected chi connectivity index (χ0v) is 13.2. The van der Waals surface area contributed by atoms with Gasteiger partial charge in [-0.05, 0) is 19.4 Å². The standard InChI is InChI=1S/C17H23N3O2/c1-4-10-20(17(21)18-5-2)12-15-11-16(19-22-15)14-8-6-13(3)7-9-14/h4,6-9,15H,1,5,10-12H2,2-3H3,(H,18,21). The molecule has 1 aliphatic rings. The quantitative estimate of drug-likeness (QED) is 0.821. The third-order valence-electron chi connectivity index (χ3n) is 3.51. The second-order valence-corrected chi connectivity index (χ2v) is 5.36. The van der Waals surface area contributed by atoms with Gasteiger partial charge in [0.1, 0.15) is 0 Å². The van der Waals surface area contributed by atoms with Crippen LogP contribution in [-0.4, -0.2) is 42.4 Å². The van der Waals surface area contributed by atoms with E-state index in [4.69, 9.17) is 4.84 Å². The van der Waals surface area contributed by atoms with Gasteiger partial charge in [0.15, 0.2) is 6.10 Å². The number of rotatable bonds is 6. The Labute approximate surface area is 131 Å². The molecule has 0 aliphatic carbocycles. The summed E-state index contributed by atoms with van der Waals surface area (Å²) in [4.78, 5) is 19.2. The number of carbonyl (C=O) groups is 1. The highest BCUT2D eigenvalue weighted by molar-refractivity contribution is 6.01. The lowest BCUT2D eigenvalue weighted by Gasteiger charge is -2.23. The molecule has 0 radical (unpaired) electrons. The van der Waals surface area contributed by atoms with Gasteiger partial charge in [-0.1, -0.05) is 41.1 Å². The molecular formula is C17H23N3O2. The Kier molecular flexibility index (Phi) is 5.58. The van der Waals surface area contributed by atoms with Crippen molar-refractivity contribution in [3.8, 4) is 0 Å². The molecule has 0 bridgehead atoms. The molecule has 1 aromatic rings. The van der Waals surface area contributed by atoms with Crippen LogP contribution in [-0.2, 0) is 4.84 Å². The Morgan fingerprint density at radius 2 is 2.23 bits per heavy atom. The molecule has 0 aromatic heterocycles. The Morgan fingerprint density at radius 1 is 1.50 bits per heavy atom. The van der Waals surface area contributed by atoms with Crippen molar-refractivity contribution in [3.05, 3.63) is 48.0 Å². The molecule has 5 heteroatoms. The van der Waals surface area contributed by atoms with E-state index in [0.717, 1.165) is 11.3 Å². The van der Waals surface area contributed by atoms with Crippen LogP contribution < -0.4 is 5.32 Å². The summed E-state index contributed by atoms with van der Waals surface area (Å²) in [6.45, 7) is 9.24. The van der Waals surface area contributed by atoms with Crippen molar-refractivity contribution < 1.29 is 9.63 Å². The first-order valence-electron chi connectivity index (χ1n) is 7.57. The molecule has 0 fully saturated rings. The van der Waals surface area contributed by atoms with Gasteiger partial charge < -0.3 is 15.1 Å². The number of oxime groups is 1. The minimum Gasteiger partial charge on any atom is -0.390 e. The number of benzene rings is 1. The summed E-state index contributed by atoms with van der Waals surface area (Å²) in [5, 5.41) is 6.97. The molecule has 0 saturated heterocycles. The largest absolute Gasteiger partial charge is 0.390 e. The molecule has 118 valence electrons. The lowest BCUT2D eigenvalue weighted by molar-refractivity contribution is 0.0630. The van der Waals surface area contributed by atoms with E-state index < -0.39 is 0 Å². The summed E-state index contributed by atoms with van der Waals surface area (Å²) < 4.78 is 0. The van der Waals surface area contributed by atoms with Gasteiger partial charge in [-0.3, -0.25) is 0 Å². The summed E-state index contributed by atoms with van der Waals surface area (Å²) in [5.41, 5.74) is 3.22. The fourth-order valence-electron chi connectivity index (χ4n) is 2.35. The molecule has 0 spiro atoms. The normalized spacial score (nSPS) is 16.6. The van der Waals surface area contributed by atoms with Crippen molar-refractivity contribution in [2.75, 3.05) is 19.6 Å². The average molecular weight is 301 g/mol. The second kappa shape index (κ2) is 7.64. The highest BCUT2D eigenvalue weighted by Crippen LogP contribution is 2.18. The third-order valence-corrected chi connectivity index (χ3v) is 3.51. The van der Waals surface area contributed by atoms with Gasteiger partial charge in [0.2, 0.25) is 0 Å². The molecule has 1 heterocycles. The Bertz CT molecular complexity index is 552. The van der Waals surface area contributed by atoms with Gasteiger partial charge in [-0.15, -0.1) is 6.58 Å². The first-order valence-corrected chi connectivity index (χ1v) is 7.57. The van der Waals surface area contributed by atoms with Crippen LogP contribution in [0, 0.1) is 6.92 Å². The van der Waals surface area contributed by atoms with E-state index in [0.29, 0.717) is 26.1 Å². The maximum absolute atomic E-state index is 12.0. The number of aryl methyl sites for hydroxylation is 1. The van der Waals surface area contributed by atoms with Crippen molar-refractivity contribution in [3.63, 3.8) is 0 Å². The molecule has 1 atom stereocenters. The zero-order chi connectivity index (χ0) is 15.9. The smallest absolute Gasteiger partial charge is 0.317 e. The topological polar surface area (TPSA) is 53.9 Å². The molecule has 5 nitrogen and oxygen atoms in total. The number of hydrogen-bond donors (Lipinski definition) is 1. The van der Waals surface area contributed by atoms with Crippen LogP contribution in [0.15, 0.2) is 42.1 Å². The van der Waals surface area contributed by atoms with Crippen LogP contribution in [0.3, 0.4) is 0 Å². The highest BCUT2D eigenvalue weighted by Gasteiger charge is 2.26. The minimum atomic E-state index is -0.112. The van der Waals surface area contributed by atoms with Crippen molar-refractivity contribution in [2.45, 2.75) is 26.4 Å². The summed E-state index contributed by atoms with van der Waals surface area (Å²) in [5.74, 6) is 0. The number of carbonyl (C=O) groups excluding carboxylic acids is 1. The molecule has 2 amide bonds. The lowest BCUT2D eigenvalue weighted by atomic mass is 10.0. The van der Waals surface area contributed by atoms with E-state index >= 15 is 0 Å². The molecule has 2 rings (SSSR count). The second-order valence-electron chi connectivity index (χ2n) is 5.36. The van der Waals surface area contributed by atoms with E-state index in [1.807, 2.05) is 19.1 Å². The van der Waals surface area contributed by atoms with Crippen molar-refractivity contribution in [2.24, 2.45) is 5.16 Å². The minimum absolute atomic E-state index is 0.102. The van der Waals surface area contributed by atoms with Gasteiger partial charge in [-0.25, -0.2) is 4.79 Å². The lowest BCUT2D eigenvalue weighted by Crippen LogP contribution is -2.43. The molecule has 1 unspecified atom stereocenters. The summed E-state index contributed by atoms with van der Waals surface area (Å²) in [7, 11) is 0. The van der Waals surface area contributed by atoms with Crippen LogP contribution in [0.25, 0.3) is 0 Å². The first-order chi connectivity index (χ1) is 10.6. The molecule has 22 heavy (non-hydrogen) atoms. The molecule has 1 N–H and O–H groups in total. The van der Waals surface area contributed by atoms with E-state index in [1.54, 1.807) is 11.0 Å². The predicted molar refractivity (Wildman–Crippen MR) is 88.0 cm³/mol. The van der Waals surface area contributed by atoms with Crippen LogP contribution in [0.1, 0.15) is 24.5 Å². The molecule has 1 aromatic carbocycles. The summed E-state index contributed by atoms with van der Waals surface area (Å²) in [6, 6.07) is 8.11. The maximum atomic E-state index is 12.0. The number of urea groups is 1. The number of nitrogens with zero attached hydrogens (tertiary/aromatic N) is 2. The van der Waals surface area contributed by atoms with Crippen LogP contribution in [0.4, 0.5) is 4.79 Å². The Hall–Kier alpha value is -2.30. The fraction of sp³-hybridized carbons (Fsp3) is 0.412. The van der Waals surface area contributed by atoms with E-state index in [-0.39, 0.29) is 12.1 Å². The van der Waals surface area contributed by atoms with Crippen LogP contribution >= 0.6 is 0 Å². The van der Waals surface area contributed by atoms with E-state index in [2.05, 4.69) is 36.1 Å². The van der Waals surface area contributed by atoms with Gasteiger partial charge in [0.25, 0.3) is 0 Å². The van der Waals surface area contributed by atoms with Gasteiger partial charge >= 0.3 is 6.03 Å². The van der Waals surface area contributed by atoms with Gasteiger partial charge in [0.05, 0.1) is 12.3 Å². The van der Waals surface area contributed by atoms with Crippen LogP contribution in [0.5, 0.6) is 0 Å². The van der Waals surface area contributed by atoms with Crippen molar-refractivity contribution in [1.82, 2.24) is 10.2 Å². The maximum Gasteiger partial charge on any atom is 0.317 e. The molecule has 1 aliphatic heterocycles. The fourth-order valence-corrected chi connectivity index (χ4v) is 2.35. The monoisotopic (exact) mass is 301 g/mol. The number of hydrogen-bond acceptors (Lipinski definition) is 3. The average Bonchev–Trinajstić information content (AvgIpc) is 2.96. The van der Waals surface area contributed by atoms with Gasteiger partial charge in [-0.2, -0.15) is 0 Å². The first kappa shape index (κ1) is 16.1. The van der Waals surface area contributed by atoms with Crippen molar-refractivity contribution >= 4 is 11.7 Å². The van der Waals surface area contributed by atoms with Crippen molar-refractivity contribution in [1.29, 1.82) is 0 Å². The Balaban J connectivity index is 1.94. The number of nitrogens with one attached hydrogen (secondary N) is 1. The summed E-state index contributed by atoms with van der Waals surface area (Å²) in [6.07, 6.45) is 2.31. The number of amides is 2. The molecular weight excluding hydrogens is 278 g/mol. The highest BCUT2D eigenvalue weighted by atomic mass is 16.6. The molecule has 0 saturated carbocycles.